The van der Waals surface area contributed by atoms with Crippen LogP contribution in [0.5, 0.6) is 0 Å². The lowest BCUT2D eigenvalue weighted by atomic mass is 10.2. The minimum absolute atomic E-state index is 0.195. The number of amides is 1. The smallest absolute Gasteiger partial charge is 0.268 e. The van der Waals surface area contributed by atoms with Crippen molar-refractivity contribution in [2.75, 3.05) is 0 Å². The Bertz CT molecular complexity index is 1080. The molecule has 4 nitrogen and oxygen atoms in total. The van der Waals surface area contributed by atoms with E-state index in [1.54, 1.807) is 18.2 Å². The van der Waals surface area contributed by atoms with E-state index in [1.807, 2.05) is 47.9 Å². The molecule has 136 valence electrons. The van der Waals surface area contributed by atoms with E-state index in [4.69, 9.17) is 4.42 Å². The van der Waals surface area contributed by atoms with Gasteiger partial charge in [-0.15, -0.1) is 0 Å². The molecule has 0 radical (unpaired) electrons. The van der Waals surface area contributed by atoms with Gasteiger partial charge in [0.1, 0.15) is 17.3 Å². The lowest BCUT2D eigenvalue weighted by Crippen LogP contribution is -2.25. The van der Waals surface area contributed by atoms with Gasteiger partial charge in [0.15, 0.2) is 5.58 Å². The number of aryl methyl sites for hydroxylation is 1. The van der Waals surface area contributed by atoms with Crippen LogP contribution in [0.3, 0.4) is 0 Å². The summed E-state index contributed by atoms with van der Waals surface area (Å²) in [7, 11) is 0. The summed E-state index contributed by atoms with van der Waals surface area (Å²) >= 11 is 0. The first-order valence-electron chi connectivity index (χ1n) is 8.76. The Labute approximate surface area is 156 Å². The predicted octanol–water partition coefficient (Wildman–Crippen LogP) is 4.66. The van der Waals surface area contributed by atoms with Gasteiger partial charge in [0.2, 0.25) is 0 Å². The van der Waals surface area contributed by atoms with Crippen LogP contribution in [-0.4, -0.2) is 10.5 Å². The number of nitrogens with zero attached hydrogens (tertiary/aromatic N) is 1. The molecular weight excluding hydrogens is 343 g/mol. The van der Waals surface area contributed by atoms with E-state index < -0.39 is 0 Å². The number of hydrogen-bond donors (Lipinski definition) is 1. The second-order valence-electron chi connectivity index (χ2n) is 6.52. The summed E-state index contributed by atoms with van der Waals surface area (Å²) in [5, 5.41) is 2.90. The maximum Gasteiger partial charge on any atom is 0.268 e. The second kappa shape index (κ2) is 7.11. The predicted molar refractivity (Wildman–Crippen MR) is 102 cm³/mol. The average Bonchev–Trinajstić information content (AvgIpc) is 3.19. The first kappa shape index (κ1) is 17.1. The van der Waals surface area contributed by atoms with Crippen molar-refractivity contribution in [3.8, 4) is 0 Å². The standard InChI is InChI=1S/C22H19FN2O2/c1-15-11-19-21(27-15)12-20(25(19)14-17-5-3-2-4-6-17)22(26)24-13-16-7-9-18(23)10-8-16/h2-12H,13-14H2,1H3,(H,24,26). The Balaban J connectivity index is 1.61. The fourth-order valence-corrected chi connectivity index (χ4v) is 3.16. The van der Waals surface area contributed by atoms with Crippen molar-refractivity contribution in [3.05, 3.63) is 95.1 Å². The van der Waals surface area contributed by atoms with Gasteiger partial charge in [0.05, 0.1) is 5.52 Å². The Morgan fingerprint density at radius 1 is 1.04 bits per heavy atom. The van der Waals surface area contributed by atoms with E-state index in [0.29, 0.717) is 24.4 Å². The molecule has 0 atom stereocenters. The highest BCUT2D eigenvalue weighted by Crippen LogP contribution is 2.25. The van der Waals surface area contributed by atoms with Gasteiger partial charge in [-0.3, -0.25) is 4.79 Å². The van der Waals surface area contributed by atoms with Crippen LogP contribution in [0.25, 0.3) is 11.1 Å². The number of carbonyl (C=O) groups is 1. The third kappa shape index (κ3) is 3.62. The average molecular weight is 362 g/mol. The van der Waals surface area contributed by atoms with Gasteiger partial charge in [-0.05, 0) is 30.2 Å². The van der Waals surface area contributed by atoms with Crippen molar-refractivity contribution in [2.24, 2.45) is 0 Å². The molecular formula is C22H19FN2O2. The van der Waals surface area contributed by atoms with Crippen LogP contribution in [0, 0.1) is 12.7 Å². The number of carbonyl (C=O) groups excluding carboxylic acids is 1. The van der Waals surface area contributed by atoms with Crippen molar-refractivity contribution in [2.45, 2.75) is 20.0 Å². The molecule has 0 saturated carbocycles. The lowest BCUT2D eigenvalue weighted by molar-refractivity contribution is 0.0942. The van der Waals surface area contributed by atoms with Crippen LogP contribution in [0.15, 0.2) is 71.1 Å². The molecule has 27 heavy (non-hydrogen) atoms. The molecule has 2 heterocycles. The third-order valence-electron chi connectivity index (χ3n) is 4.50. The molecule has 0 aliphatic heterocycles. The maximum atomic E-state index is 13.0. The zero-order valence-corrected chi connectivity index (χ0v) is 14.9. The van der Waals surface area contributed by atoms with Crippen LogP contribution < -0.4 is 5.32 Å². The zero-order valence-electron chi connectivity index (χ0n) is 14.9. The van der Waals surface area contributed by atoms with E-state index in [-0.39, 0.29) is 11.7 Å². The molecule has 5 heteroatoms. The largest absolute Gasteiger partial charge is 0.460 e. The normalized spacial score (nSPS) is 11.0. The highest BCUT2D eigenvalue weighted by Gasteiger charge is 2.18. The van der Waals surface area contributed by atoms with Gasteiger partial charge in [0, 0.05) is 25.2 Å². The van der Waals surface area contributed by atoms with Crippen LogP contribution in [-0.2, 0) is 13.1 Å². The minimum Gasteiger partial charge on any atom is -0.460 e. The number of hydrogen-bond acceptors (Lipinski definition) is 2. The molecule has 1 amide bonds. The van der Waals surface area contributed by atoms with E-state index >= 15 is 0 Å². The summed E-state index contributed by atoms with van der Waals surface area (Å²) < 4.78 is 20.7. The molecule has 0 fully saturated rings. The van der Waals surface area contributed by atoms with Gasteiger partial charge in [-0.25, -0.2) is 4.39 Å². The number of nitrogens with one attached hydrogen (secondary N) is 1. The molecule has 0 saturated heterocycles. The molecule has 1 N–H and O–H groups in total. The van der Waals surface area contributed by atoms with Crippen LogP contribution in [0.2, 0.25) is 0 Å². The number of fused-ring (bicyclic) bond motifs is 1. The Kier molecular flexibility index (Phi) is 4.50. The Morgan fingerprint density at radius 2 is 1.78 bits per heavy atom. The summed E-state index contributed by atoms with van der Waals surface area (Å²) in [5.74, 6) is 0.317. The van der Waals surface area contributed by atoms with E-state index in [0.717, 1.165) is 22.4 Å². The molecule has 0 aliphatic carbocycles. The van der Waals surface area contributed by atoms with Gasteiger partial charge >= 0.3 is 0 Å². The number of halogens is 1. The van der Waals surface area contributed by atoms with Gasteiger partial charge in [0.25, 0.3) is 5.91 Å². The number of rotatable bonds is 5. The van der Waals surface area contributed by atoms with Crippen LogP contribution >= 0.6 is 0 Å². The molecule has 0 spiro atoms. The lowest BCUT2D eigenvalue weighted by Gasteiger charge is -2.11. The number of benzene rings is 2. The second-order valence-corrected chi connectivity index (χ2v) is 6.52. The fraction of sp³-hybridized carbons (Fsp3) is 0.136. The molecule has 0 bridgehead atoms. The summed E-state index contributed by atoms with van der Waals surface area (Å²) in [5.41, 5.74) is 4.06. The quantitative estimate of drug-likeness (QED) is 0.561. The molecule has 2 aromatic carbocycles. The minimum atomic E-state index is -0.294. The molecule has 4 rings (SSSR count). The number of furan rings is 1. The summed E-state index contributed by atoms with van der Waals surface area (Å²) in [6, 6.07) is 19.8. The Hall–Kier alpha value is -3.34. The van der Waals surface area contributed by atoms with E-state index in [9.17, 15) is 9.18 Å². The topological polar surface area (TPSA) is 47.2 Å². The maximum absolute atomic E-state index is 13.0. The molecule has 0 aliphatic rings. The van der Waals surface area contributed by atoms with Gasteiger partial charge in [-0.2, -0.15) is 0 Å². The summed E-state index contributed by atoms with van der Waals surface area (Å²) in [6.45, 7) is 2.79. The van der Waals surface area contributed by atoms with Gasteiger partial charge < -0.3 is 14.3 Å². The third-order valence-corrected chi connectivity index (χ3v) is 4.50. The van der Waals surface area contributed by atoms with Crippen molar-refractivity contribution in [3.63, 3.8) is 0 Å². The zero-order chi connectivity index (χ0) is 18.8. The van der Waals surface area contributed by atoms with Crippen LogP contribution in [0.4, 0.5) is 4.39 Å². The monoisotopic (exact) mass is 362 g/mol. The highest BCUT2D eigenvalue weighted by molar-refractivity contribution is 5.97. The SMILES string of the molecule is Cc1cc2c(cc(C(=O)NCc3ccc(F)cc3)n2Cc2ccccc2)o1. The number of aromatic nitrogens is 1. The van der Waals surface area contributed by atoms with Crippen LogP contribution in [0.1, 0.15) is 27.4 Å². The summed E-state index contributed by atoms with van der Waals surface area (Å²) in [4.78, 5) is 12.8. The molecule has 4 aromatic rings. The summed E-state index contributed by atoms with van der Waals surface area (Å²) in [6.07, 6.45) is 0. The first-order valence-corrected chi connectivity index (χ1v) is 8.76. The van der Waals surface area contributed by atoms with Crippen molar-refractivity contribution < 1.29 is 13.6 Å². The highest BCUT2D eigenvalue weighted by atomic mass is 19.1. The van der Waals surface area contributed by atoms with Crippen molar-refractivity contribution >= 4 is 17.0 Å². The van der Waals surface area contributed by atoms with Crippen molar-refractivity contribution in [1.29, 1.82) is 0 Å². The Morgan fingerprint density at radius 3 is 2.52 bits per heavy atom. The van der Waals surface area contributed by atoms with Gasteiger partial charge in [-0.1, -0.05) is 42.5 Å². The first-order chi connectivity index (χ1) is 13.1. The molecule has 2 aromatic heterocycles. The van der Waals surface area contributed by atoms with E-state index in [1.165, 1.54) is 12.1 Å². The van der Waals surface area contributed by atoms with Crippen molar-refractivity contribution in [1.82, 2.24) is 9.88 Å². The molecule has 0 unspecified atom stereocenters. The van der Waals surface area contributed by atoms with E-state index in [2.05, 4.69) is 5.32 Å². The fourth-order valence-electron chi connectivity index (χ4n) is 3.16.